The monoisotopic (exact) mass is 343 g/mol. The van der Waals surface area contributed by atoms with Gasteiger partial charge >= 0.3 is 0 Å². The number of aryl methyl sites for hydroxylation is 1. The van der Waals surface area contributed by atoms with Crippen molar-refractivity contribution in [3.8, 4) is 0 Å². The van der Waals surface area contributed by atoms with Crippen molar-refractivity contribution in [3.63, 3.8) is 0 Å². The van der Waals surface area contributed by atoms with E-state index in [1.807, 2.05) is 37.3 Å². The van der Waals surface area contributed by atoms with Gasteiger partial charge < -0.3 is 0 Å². The fraction of sp³-hybridized carbons (Fsp3) is 0.118. The number of likely N-dealkylation sites (N-methyl/N-ethyl adjacent to an activating group) is 1. The average molecular weight is 344 g/mol. The molecular formula is C17H14ClN3OS. The van der Waals surface area contributed by atoms with E-state index in [4.69, 9.17) is 11.6 Å². The maximum Gasteiger partial charge on any atom is 0.266 e. The second kappa shape index (κ2) is 6.56. The lowest BCUT2D eigenvalue weighted by Crippen LogP contribution is -2.23. The third-order valence-corrected chi connectivity index (χ3v) is 4.70. The zero-order chi connectivity index (χ0) is 16.4. The zero-order valence-electron chi connectivity index (χ0n) is 12.7. The van der Waals surface area contributed by atoms with Crippen molar-refractivity contribution < 1.29 is 4.79 Å². The van der Waals surface area contributed by atoms with Crippen LogP contribution in [0.1, 0.15) is 11.1 Å². The van der Waals surface area contributed by atoms with E-state index in [1.54, 1.807) is 19.3 Å². The van der Waals surface area contributed by atoms with Crippen LogP contribution in [0.2, 0.25) is 5.02 Å². The second-order valence-corrected chi connectivity index (χ2v) is 6.52. The van der Waals surface area contributed by atoms with Crippen molar-refractivity contribution in [1.29, 1.82) is 0 Å². The summed E-state index contributed by atoms with van der Waals surface area (Å²) in [4.78, 5) is 22.9. The minimum Gasteiger partial charge on any atom is -0.290 e. The number of rotatable bonds is 2. The summed E-state index contributed by atoms with van der Waals surface area (Å²) in [5.74, 6) is -0.0699. The molecule has 4 nitrogen and oxygen atoms in total. The molecule has 3 rings (SSSR count). The first-order chi connectivity index (χ1) is 11.0. The Hall–Kier alpha value is -2.11. The van der Waals surface area contributed by atoms with Gasteiger partial charge in [-0.15, -0.1) is 0 Å². The highest BCUT2D eigenvalue weighted by molar-refractivity contribution is 8.18. The minimum atomic E-state index is -0.0699. The highest BCUT2D eigenvalue weighted by Crippen LogP contribution is 2.34. The minimum absolute atomic E-state index is 0.0699. The molecular weight excluding hydrogens is 330 g/mol. The van der Waals surface area contributed by atoms with Gasteiger partial charge in [-0.2, -0.15) is 0 Å². The Bertz CT molecular complexity index is 815. The maximum atomic E-state index is 12.4. The van der Waals surface area contributed by atoms with Gasteiger partial charge in [0.15, 0.2) is 5.17 Å². The van der Waals surface area contributed by atoms with Crippen molar-refractivity contribution in [3.05, 3.63) is 63.8 Å². The third kappa shape index (κ3) is 3.46. The van der Waals surface area contributed by atoms with Crippen LogP contribution in [0.4, 0.5) is 5.69 Å². The molecule has 0 saturated carbocycles. The van der Waals surface area contributed by atoms with Gasteiger partial charge in [0.05, 0.1) is 15.6 Å². The predicted molar refractivity (Wildman–Crippen MR) is 95.9 cm³/mol. The van der Waals surface area contributed by atoms with E-state index in [9.17, 15) is 4.79 Å². The quantitative estimate of drug-likeness (QED) is 0.765. The van der Waals surface area contributed by atoms with E-state index in [-0.39, 0.29) is 5.91 Å². The predicted octanol–water partition coefficient (Wildman–Crippen LogP) is 4.28. The van der Waals surface area contributed by atoms with Crippen LogP contribution in [0.25, 0.3) is 6.08 Å². The molecule has 23 heavy (non-hydrogen) atoms. The molecule has 2 aromatic rings. The molecule has 2 heterocycles. The summed E-state index contributed by atoms with van der Waals surface area (Å²) >= 11 is 7.41. The Morgan fingerprint density at radius 1 is 1.26 bits per heavy atom. The van der Waals surface area contributed by atoms with Crippen LogP contribution in [-0.4, -0.2) is 28.0 Å². The lowest BCUT2D eigenvalue weighted by Gasteiger charge is -2.07. The van der Waals surface area contributed by atoms with E-state index >= 15 is 0 Å². The van der Waals surface area contributed by atoms with Crippen LogP contribution >= 0.6 is 23.4 Å². The van der Waals surface area contributed by atoms with E-state index in [0.29, 0.717) is 20.8 Å². The summed E-state index contributed by atoms with van der Waals surface area (Å²) in [5.41, 5.74) is 2.77. The van der Waals surface area contributed by atoms with E-state index in [1.165, 1.54) is 28.4 Å². The Labute approximate surface area is 143 Å². The Balaban J connectivity index is 1.91. The normalized spacial score (nSPS) is 18.2. The third-order valence-electron chi connectivity index (χ3n) is 3.35. The van der Waals surface area contributed by atoms with Crippen molar-refractivity contribution >= 4 is 46.2 Å². The van der Waals surface area contributed by atoms with Crippen molar-refractivity contribution in [2.75, 3.05) is 7.05 Å². The molecule has 0 aliphatic carbocycles. The molecule has 0 atom stereocenters. The fourth-order valence-electron chi connectivity index (χ4n) is 2.03. The van der Waals surface area contributed by atoms with Crippen LogP contribution in [0, 0.1) is 6.92 Å². The molecule has 1 aromatic carbocycles. The largest absolute Gasteiger partial charge is 0.290 e. The molecule has 0 radical (unpaired) electrons. The van der Waals surface area contributed by atoms with Crippen LogP contribution < -0.4 is 0 Å². The van der Waals surface area contributed by atoms with Gasteiger partial charge in [0.2, 0.25) is 0 Å². The van der Waals surface area contributed by atoms with Gasteiger partial charge in [0, 0.05) is 19.4 Å². The number of carbonyl (C=O) groups excluding carboxylic acids is 1. The van der Waals surface area contributed by atoms with Gasteiger partial charge in [-0.3, -0.25) is 14.7 Å². The Morgan fingerprint density at radius 3 is 2.70 bits per heavy atom. The lowest BCUT2D eigenvalue weighted by atomic mass is 10.1. The average Bonchev–Trinajstić information content (AvgIpc) is 2.80. The Morgan fingerprint density at radius 2 is 2.00 bits per heavy atom. The first-order valence-corrected chi connectivity index (χ1v) is 8.16. The molecule has 1 amide bonds. The molecule has 1 saturated heterocycles. The number of carbonyl (C=O) groups is 1. The molecule has 0 bridgehead atoms. The number of aliphatic imine (C=N–C) groups is 1. The summed E-state index contributed by atoms with van der Waals surface area (Å²) in [7, 11) is 1.71. The number of pyridine rings is 1. The van der Waals surface area contributed by atoms with Gasteiger partial charge in [0.1, 0.15) is 0 Å². The molecule has 0 spiro atoms. The van der Waals surface area contributed by atoms with Crippen molar-refractivity contribution in [1.82, 2.24) is 9.88 Å². The summed E-state index contributed by atoms with van der Waals surface area (Å²) in [6.07, 6.45) is 5.03. The zero-order valence-corrected chi connectivity index (χ0v) is 14.2. The van der Waals surface area contributed by atoms with Gasteiger partial charge in [-0.25, -0.2) is 4.99 Å². The molecule has 0 N–H and O–H groups in total. The van der Waals surface area contributed by atoms with Crippen molar-refractivity contribution in [2.24, 2.45) is 4.99 Å². The Kier molecular flexibility index (Phi) is 4.50. The van der Waals surface area contributed by atoms with Crippen LogP contribution in [-0.2, 0) is 4.79 Å². The van der Waals surface area contributed by atoms with E-state index in [0.717, 1.165) is 5.56 Å². The van der Waals surface area contributed by atoms with E-state index in [2.05, 4.69) is 9.98 Å². The van der Waals surface area contributed by atoms with Gasteiger partial charge in [-0.1, -0.05) is 41.4 Å². The standard InChI is InChI=1S/C17H14ClN3OS/c1-11-3-5-12(6-4-11)9-15-16(22)21(2)17(23-15)20-14-7-8-19-10-13(14)18/h3-10H,1-2H3/b15-9-,20-17?. The molecule has 1 aliphatic rings. The highest BCUT2D eigenvalue weighted by Gasteiger charge is 2.30. The number of hydrogen-bond acceptors (Lipinski definition) is 4. The van der Waals surface area contributed by atoms with Gasteiger partial charge in [0.25, 0.3) is 5.91 Å². The van der Waals surface area contributed by atoms with Gasteiger partial charge in [-0.05, 0) is 36.4 Å². The molecule has 0 unspecified atom stereocenters. The summed E-state index contributed by atoms with van der Waals surface area (Å²) < 4.78 is 0. The molecule has 1 aromatic heterocycles. The summed E-state index contributed by atoms with van der Waals surface area (Å²) in [6, 6.07) is 9.74. The lowest BCUT2D eigenvalue weighted by molar-refractivity contribution is -0.121. The number of nitrogens with zero attached hydrogens (tertiary/aromatic N) is 3. The number of thioether (sulfide) groups is 1. The van der Waals surface area contributed by atoms with Crippen LogP contribution in [0.15, 0.2) is 52.6 Å². The van der Waals surface area contributed by atoms with Crippen LogP contribution in [0.3, 0.4) is 0 Å². The second-order valence-electron chi connectivity index (χ2n) is 5.11. The van der Waals surface area contributed by atoms with E-state index < -0.39 is 0 Å². The summed E-state index contributed by atoms with van der Waals surface area (Å²) in [6.45, 7) is 2.03. The first kappa shape index (κ1) is 15.8. The fourth-order valence-corrected chi connectivity index (χ4v) is 3.17. The smallest absolute Gasteiger partial charge is 0.266 e. The van der Waals surface area contributed by atoms with Crippen LogP contribution in [0.5, 0.6) is 0 Å². The number of hydrogen-bond donors (Lipinski definition) is 0. The molecule has 6 heteroatoms. The topological polar surface area (TPSA) is 45.6 Å². The maximum absolute atomic E-state index is 12.4. The number of benzene rings is 1. The van der Waals surface area contributed by atoms with Crippen molar-refractivity contribution in [2.45, 2.75) is 6.92 Å². The SMILES string of the molecule is Cc1ccc(/C=C2\SC(=Nc3ccncc3Cl)N(C)C2=O)cc1. The molecule has 1 fully saturated rings. The number of amidine groups is 1. The summed E-state index contributed by atoms with van der Waals surface area (Å²) in [5, 5.41) is 1.05. The molecule has 116 valence electrons. The number of aromatic nitrogens is 1. The highest BCUT2D eigenvalue weighted by atomic mass is 35.5. The molecule has 1 aliphatic heterocycles. The first-order valence-electron chi connectivity index (χ1n) is 6.97. The number of amides is 1. The number of halogens is 1.